The number of sulfonamides is 1. The molecule has 1 amide bonds. The Kier molecular flexibility index (Phi) is 8.28. The molecule has 0 radical (unpaired) electrons. The van der Waals surface area contributed by atoms with Crippen molar-refractivity contribution in [1.29, 1.82) is 0 Å². The predicted octanol–water partition coefficient (Wildman–Crippen LogP) is 2.88. The highest BCUT2D eigenvalue weighted by atomic mass is 32.2. The largest absolute Gasteiger partial charge is 0.497 e. The molecule has 1 aliphatic carbocycles. The summed E-state index contributed by atoms with van der Waals surface area (Å²) in [5.41, 5.74) is 4.31. The fourth-order valence-corrected chi connectivity index (χ4v) is 7.94. The Bertz CT molecular complexity index is 1520. The van der Waals surface area contributed by atoms with E-state index in [1.807, 2.05) is 10.9 Å². The van der Waals surface area contributed by atoms with Crippen LogP contribution in [0.2, 0.25) is 0 Å². The number of nitrogens with zero attached hydrogens (tertiary/aromatic N) is 5. The number of rotatable bonds is 8. The summed E-state index contributed by atoms with van der Waals surface area (Å²) in [7, 11) is -2.40. The number of piperazine rings is 1. The van der Waals surface area contributed by atoms with Gasteiger partial charge >= 0.3 is 0 Å². The number of amides is 1. The molecule has 0 unspecified atom stereocenters. The standard InChI is InChI=1S/C30H37FN6O4S/c1-41-25-6-8-26(9-7-25)42(39,40)37-16-13-32-30(38)29(37)18-24-20-36(34-33-24)28-4-2-3-22-17-21(5-10-27(22)28)19-35-14-11-23(31)12-15-35/h5-10,17,20,23,28-29H,2-4,11-16,18-19H2,1H3,(H,32,38)/t28-,29+/m0/s1. The topological polar surface area (TPSA) is 110 Å². The maximum Gasteiger partial charge on any atom is 0.243 e. The minimum atomic E-state index is -3.92. The summed E-state index contributed by atoms with van der Waals surface area (Å²) < 4.78 is 48.9. The molecule has 1 aromatic heterocycles. The van der Waals surface area contributed by atoms with E-state index in [9.17, 15) is 17.6 Å². The van der Waals surface area contributed by atoms with Crippen LogP contribution in [0.1, 0.15) is 54.1 Å². The third-order valence-corrected chi connectivity index (χ3v) is 10.6. The second kappa shape index (κ2) is 12.1. The number of halogens is 1. The molecule has 1 N–H and O–H groups in total. The lowest BCUT2D eigenvalue weighted by atomic mass is 9.86. The fraction of sp³-hybridized carbons (Fsp3) is 0.500. The number of aryl methyl sites for hydroxylation is 1. The van der Waals surface area contributed by atoms with Crippen molar-refractivity contribution in [3.8, 4) is 5.75 Å². The van der Waals surface area contributed by atoms with Gasteiger partial charge in [-0.1, -0.05) is 23.4 Å². The summed E-state index contributed by atoms with van der Waals surface area (Å²) in [4.78, 5) is 15.4. The van der Waals surface area contributed by atoms with E-state index in [1.165, 1.54) is 40.2 Å². The van der Waals surface area contributed by atoms with Crippen molar-refractivity contribution in [3.63, 3.8) is 0 Å². The Hall–Kier alpha value is -3.35. The van der Waals surface area contributed by atoms with Gasteiger partial charge in [0, 0.05) is 45.3 Å². The molecule has 6 rings (SSSR count). The molecule has 2 atom stereocenters. The normalized spacial score (nSPS) is 22.5. The zero-order valence-corrected chi connectivity index (χ0v) is 24.6. The van der Waals surface area contributed by atoms with Gasteiger partial charge in [0.1, 0.15) is 18.0 Å². The second-order valence-corrected chi connectivity index (χ2v) is 13.3. The predicted molar refractivity (Wildman–Crippen MR) is 154 cm³/mol. The number of methoxy groups -OCH3 is 1. The number of hydrogen-bond acceptors (Lipinski definition) is 7. The van der Waals surface area contributed by atoms with Gasteiger partial charge in [-0.2, -0.15) is 4.31 Å². The number of alkyl halides is 1. The van der Waals surface area contributed by atoms with E-state index in [1.54, 1.807) is 12.1 Å². The molecular weight excluding hydrogens is 559 g/mol. The smallest absolute Gasteiger partial charge is 0.243 e. The van der Waals surface area contributed by atoms with Gasteiger partial charge in [0.25, 0.3) is 0 Å². The van der Waals surface area contributed by atoms with Crippen molar-refractivity contribution in [2.45, 2.75) is 68.2 Å². The Labute approximate surface area is 245 Å². The van der Waals surface area contributed by atoms with E-state index in [4.69, 9.17) is 4.74 Å². The third-order valence-electron chi connectivity index (χ3n) is 8.64. The highest BCUT2D eigenvalue weighted by Gasteiger charge is 2.39. The molecule has 42 heavy (non-hydrogen) atoms. The van der Waals surface area contributed by atoms with Crippen LogP contribution in [-0.2, 0) is 34.2 Å². The van der Waals surface area contributed by atoms with Gasteiger partial charge < -0.3 is 10.1 Å². The first kappa shape index (κ1) is 28.8. The molecule has 12 heteroatoms. The lowest BCUT2D eigenvalue weighted by molar-refractivity contribution is -0.126. The zero-order valence-electron chi connectivity index (χ0n) is 23.8. The lowest BCUT2D eigenvalue weighted by Gasteiger charge is -2.33. The van der Waals surface area contributed by atoms with Crippen molar-refractivity contribution < 1.29 is 22.3 Å². The summed E-state index contributed by atoms with van der Waals surface area (Å²) in [6.07, 6.45) is 5.43. The molecule has 2 aliphatic heterocycles. The second-order valence-electron chi connectivity index (χ2n) is 11.4. The summed E-state index contributed by atoms with van der Waals surface area (Å²) >= 11 is 0. The molecule has 3 heterocycles. The lowest BCUT2D eigenvalue weighted by Crippen LogP contribution is -2.57. The van der Waals surface area contributed by atoms with Gasteiger partial charge in [-0.25, -0.2) is 17.5 Å². The molecule has 0 bridgehead atoms. The number of piperidine rings is 1. The number of hydrogen-bond donors (Lipinski definition) is 1. The Balaban J connectivity index is 1.18. The highest BCUT2D eigenvalue weighted by Crippen LogP contribution is 2.34. The maximum absolute atomic E-state index is 13.5. The van der Waals surface area contributed by atoms with E-state index >= 15 is 0 Å². The zero-order chi connectivity index (χ0) is 29.3. The van der Waals surface area contributed by atoms with Crippen LogP contribution in [0.15, 0.2) is 53.6 Å². The van der Waals surface area contributed by atoms with Crippen LogP contribution < -0.4 is 10.1 Å². The van der Waals surface area contributed by atoms with Gasteiger partial charge in [0.2, 0.25) is 15.9 Å². The molecule has 3 aliphatic rings. The van der Waals surface area contributed by atoms with Gasteiger partial charge in [0.05, 0.1) is 23.7 Å². The van der Waals surface area contributed by atoms with E-state index in [-0.39, 0.29) is 36.4 Å². The SMILES string of the molecule is COc1ccc(S(=O)(=O)N2CCNC(=O)[C@H]2Cc2cn([C@H]3CCCc4cc(CN5CCC(F)CC5)ccc43)nn2)cc1. The van der Waals surface area contributed by atoms with Crippen LogP contribution in [0.5, 0.6) is 5.75 Å². The summed E-state index contributed by atoms with van der Waals surface area (Å²) in [5.74, 6) is 0.205. The summed E-state index contributed by atoms with van der Waals surface area (Å²) in [5, 5.41) is 11.6. The summed E-state index contributed by atoms with van der Waals surface area (Å²) in [6.45, 7) is 2.83. The monoisotopic (exact) mass is 596 g/mol. The Morgan fingerprint density at radius 1 is 1.07 bits per heavy atom. The molecular formula is C30H37FN6O4S. The quantitative estimate of drug-likeness (QED) is 0.426. The van der Waals surface area contributed by atoms with Crippen LogP contribution in [0.4, 0.5) is 4.39 Å². The Morgan fingerprint density at radius 3 is 2.62 bits per heavy atom. The van der Waals surface area contributed by atoms with E-state index < -0.39 is 22.2 Å². The van der Waals surface area contributed by atoms with E-state index in [0.717, 1.165) is 38.9 Å². The van der Waals surface area contributed by atoms with Crippen molar-refractivity contribution >= 4 is 15.9 Å². The molecule has 3 aromatic rings. The molecule has 2 fully saturated rings. The van der Waals surface area contributed by atoms with Gasteiger partial charge in [-0.15, -0.1) is 5.10 Å². The van der Waals surface area contributed by atoms with Crippen LogP contribution in [0.3, 0.4) is 0 Å². The minimum Gasteiger partial charge on any atom is -0.497 e. The first-order valence-electron chi connectivity index (χ1n) is 14.6. The number of aromatic nitrogens is 3. The number of fused-ring (bicyclic) bond motifs is 1. The number of nitrogens with one attached hydrogen (secondary N) is 1. The first-order chi connectivity index (χ1) is 20.3. The van der Waals surface area contributed by atoms with Crippen molar-refractivity contribution in [1.82, 2.24) is 29.5 Å². The van der Waals surface area contributed by atoms with Crippen LogP contribution in [0, 0.1) is 0 Å². The van der Waals surface area contributed by atoms with Gasteiger partial charge in [0.15, 0.2) is 0 Å². The first-order valence-corrected chi connectivity index (χ1v) is 16.1. The minimum absolute atomic E-state index is 0.0191. The molecule has 10 nitrogen and oxygen atoms in total. The number of carbonyl (C=O) groups is 1. The molecule has 0 saturated carbocycles. The maximum atomic E-state index is 13.5. The molecule has 2 aromatic carbocycles. The Morgan fingerprint density at radius 2 is 1.86 bits per heavy atom. The van der Waals surface area contributed by atoms with Crippen molar-refractivity contribution in [2.75, 3.05) is 33.3 Å². The molecule has 0 spiro atoms. The number of benzene rings is 2. The van der Waals surface area contributed by atoms with Gasteiger partial charge in [-0.3, -0.25) is 9.69 Å². The fourth-order valence-electron chi connectivity index (χ4n) is 6.35. The van der Waals surface area contributed by atoms with Crippen LogP contribution in [0.25, 0.3) is 0 Å². The van der Waals surface area contributed by atoms with Crippen molar-refractivity contribution in [2.24, 2.45) is 0 Å². The number of carbonyl (C=O) groups excluding carboxylic acids is 1. The number of ether oxygens (including phenoxy) is 1. The average Bonchev–Trinajstić information content (AvgIpc) is 3.47. The van der Waals surface area contributed by atoms with E-state index in [0.29, 0.717) is 24.3 Å². The number of likely N-dealkylation sites (tertiary alicyclic amines) is 1. The molecule has 2 saturated heterocycles. The van der Waals surface area contributed by atoms with Crippen LogP contribution >= 0.6 is 0 Å². The average molecular weight is 597 g/mol. The van der Waals surface area contributed by atoms with Gasteiger partial charge in [-0.05, 0) is 73.1 Å². The highest BCUT2D eigenvalue weighted by molar-refractivity contribution is 7.89. The van der Waals surface area contributed by atoms with Crippen LogP contribution in [-0.4, -0.2) is 84.0 Å². The third kappa shape index (κ3) is 5.93. The van der Waals surface area contributed by atoms with E-state index in [2.05, 4.69) is 38.7 Å². The summed E-state index contributed by atoms with van der Waals surface area (Å²) in [6, 6.07) is 11.9. The molecule has 224 valence electrons. The van der Waals surface area contributed by atoms with Crippen molar-refractivity contribution in [3.05, 3.63) is 71.0 Å².